The zero-order valence-electron chi connectivity index (χ0n) is 8.78. The molecule has 0 amide bonds. The summed E-state index contributed by atoms with van der Waals surface area (Å²) in [4.78, 5) is 16.3. The molecular weight excluding hydrogens is 272 g/mol. The van der Waals surface area contributed by atoms with E-state index in [4.69, 9.17) is 5.26 Å². The topological polar surface area (TPSA) is 73.9 Å². The Morgan fingerprint density at radius 2 is 2.31 bits per heavy atom. The molecule has 0 fully saturated rings. The Labute approximate surface area is 99.8 Å². The van der Waals surface area contributed by atoms with Gasteiger partial charge in [-0.2, -0.15) is 9.78 Å². The predicted molar refractivity (Wildman–Crippen MR) is 62.3 cm³/mol. The summed E-state index contributed by atoms with van der Waals surface area (Å²) in [6, 6.07) is 1.98. The van der Waals surface area contributed by atoms with Crippen LogP contribution < -0.4 is 5.56 Å². The maximum atomic E-state index is 12.1. The highest BCUT2D eigenvalue weighted by Crippen LogP contribution is 2.20. The van der Waals surface area contributed by atoms with Gasteiger partial charge in [0.2, 0.25) is 0 Å². The molecule has 0 spiro atoms. The van der Waals surface area contributed by atoms with Crippen LogP contribution in [0.5, 0.6) is 0 Å². The largest absolute Gasteiger partial charge is 0.295 e. The molecule has 0 aliphatic rings. The summed E-state index contributed by atoms with van der Waals surface area (Å²) >= 11 is 3.27. The first kappa shape index (κ1) is 10.9. The van der Waals surface area contributed by atoms with Gasteiger partial charge in [0.05, 0.1) is 5.56 Å². The summed E-state index contributed by atoms with van der Waals surface area (Å²) in [5.74, 6) is 0.0695. The first-order valence-electron chi connectivity index (χ1n) is 4.76. The summed E-state index contributed by atoms with van der Waals surface area (Å²) < 4.78 is 1.79. The number of aromatic nitrogens is 3. The summed E-state index contributed by atoms with van der Waals surface area (Å²) in [6.45, 7) is 3.84. The van der Waals surface area contributed by atoms with Gasteiger partial charge in [0, 0.05) is 6.20 Å². The van der Waals surface area contributed by atoms with Crippen LogP contribution in [-0.2, 0) is 0 Å². The third-order valence-electron chi connectivity index (χ3n) is 2.35. The average molecular weight is 281 g/mol. The van der Waals surface area contributed by atoms with Crippen LogP contribution in [0, 0.1) is 11.3 Å². The Kier molecular flexibility index (Phi) is 2.56. The number of H-pyrrole nitrogens is 1. The van der Waals surface area contributed by atoms with Gasteiger partial charge in [0.25, 0.3) is 5.56 Å². The van der Waals surface area contributed by atoms with E-state index in [1.54, 1.807) is 0 Å². The van der Waals surface area contributed by atoms with E-state index in [0.29, 0.717) is 21.4 Å². The summed E-state index contributed by atoms with van der Waals surface area (Å²) in [7, 11) is 0. The number of fused-ring (bicyclic) bond motifs is 1. The second-order valence-electron chi connectivity index (χ2n) is 3.73. The normalized spacial score (nSPS) is 10.9. The van der Waals surface area contributed by atoms with Crippen molar-refractivity contribution in [2.24, 2.45) is 0 Å². The van der Waals surface area contributed by atoms with Crippen molar-refractivity contribution in [3.63, 3.8) is 0 Å². The summed E-state index contributed by atoms with van der Waals surface area (Å²) in [5.41, 5.74) is 1.13. The second-order valence-corrected chi connectivity index (χ2v) is 4.49. The molecule has 2 aromatic heterocycles. The number of rotatable bonds is 1. The fraction of sp³-hybridized carbons (Fsp3) is 0.300. The van der Waals surface area contributed by atoms with Gasteiger partial charge in [-0.05, 0) is 21.8 Å². The number of hydrogen-bond donors (Lipinski definition) is 1. The van der Waals surface area contributed by atoms with Crippen LogP contribution in [-0.4, -0.2) is 14.6 Å². The van der Waals surface area contributed by atoms with E-state index in [2.05, 4.69) is 26.0 Å². The van der Waals surface area contributed by atoms with Gasteiger partial charge in [-0.25, -0.2) is 4.98 Å². The minimum atomic E-state index is -0.173. The fourth-order valence-corrected chi connectivity index (χ4v) is 2.37. The van der Waals surface area contributed by atoms with Crippen LogP contribution in [0.4, 0.5) is 0 Å². The van der Waals surface area contributed by atoms with Crippen molar-refractivity contribution in [1.29, 1.82) is 5.26 Å². The molecule has 0 atom stereocenters. The van der Waals surface area contributed by atoms with Gasteiger partial charge in [-0.15, -0.1) is 0 Å². The Morgan fingerprint density at radius 1 is 1.62 bits per heavy atom. The van der Waals surface area contributed by atoms with E-state index in [-0.39, 0.29) is 11.5 Å². The SMILES string of the molecule is CC(C)c1c(Br)nc2c(C#N)c[nH]n2c1=O. The second kappa shape index (κ2) is 3.76. The monoisotopic (exact) mass is 280 g/mol. The molecule has 0 aliphatic heterocycles. The molecule has 16 heavy (non-hydrogen) atoms. The highest BCUT2D eigenvalue weighted by Gasteiger charge is 2.16. The van der Waals surface area contributed by atoms with Gasteiger partial charge >= 0.3 is 0 Å². The Hall–Kier alpha value is -1.61. The number of nitriles is 1. The lowest BCUT2D eigenvalue weighted by Crippen LogP contribution is -2.21. The third-order valence-corrected chi connectivity index (χ3v) is 2.95. The maximum absolute atomic E-state index is 12.1. The smallest absolute Gasteiger partial charge is 0.277 e. The summed E-state index contributed by atoms with van der Waals surface area (Å²) in [5, 5.41) is 11.6. The molecule has 5 nitrogen and oxygen atoms in total. The van der Waals surface area contributed by atoms with Gasteiger partial charge in [-0.1, -0.05) is 13.8 Å². The Balaban J connectivity index is 2.92. The number of aromatic amines is 1. The molecule has 0 saturated heterocycles. The van der Waals surface area contributed by atoms with E-state index >= 15 is 0 Å². The Bertz CT molecular complexity index is 647. The standard InChI is InChI=1S/C10H9BrN4O/c1-5(2)7-8(11)14-9-6(3-12)4-13-15(9)10(7)16/h4-5,13H,1-2H3. The molecule has 6 heteroatoms. The lowest BCUT2D eigenvalue weighted by Gasteiger charge is -2.06. The highest BCUT2D eigenvalue weighted by molar-refractivity contribution is 9.10. The van der Waals surface area contributed by atoms with Crippen LogP contribution in [0.2, 0.25) is 0 Å². The van der Waals surface area contributed by atoms with Crippen LogP contribution in [0.1, 0.15) is 30.9 Å². The average Bonchev–Trinajstić information content (AvgIpc) is 2.60. The molecule has 82 valence electrons. The molecule has 2 rings (SSSR count). The summed E-state index contributed by atoms with van der Waals surface area (Å²) in [6.07, 6.45) is 1.47. The van der Waals surface area contributed by atoms with E-state index < -0.39 is 0 Å². The van der Waals surface area contributed by atoms with Crippen LogP contribution in [0.15, 0.2) is 15.6 Å². The van der Waals surface area contributed by atoms with Crippen molar-refractivity contribution in [3.8, 4) is 6.07 Å². The van der Waals surface area contributed by atoms with Gasteiger partial charge in [0.15, 0.2) is 5.65 Å². The minimum absolute atomic E-state index is 0.0695. The van der Waals surface area contributed by atoms with Crippen molar-refractivity contribution in [2.75, 3.05) is 0 Å². The Morgan fingerprint density at radius 3 is 2.88 bits per heavy atom. The fourth-order valence-electron chi connectivity index (χ4n) is 1.57. The van der Waals surface area contributed by atoms with E-state index in [1.165, 1.54) is 10.7 Å². The third kappa shape index (κ3) is 1.44. The first-order chi connectivity index (χ1) is 7.56. The van der Waals surface area contributed by atoms with Crippen LogP contribution in [0.3, 0.4) is 0 Å². The molecule has 2 aromatic rings. The molecule has 0 unspecified atom stereocenters. The lowest BCUT2D eigenvalue weighted by atomic mass is 10.1. The van der Waals surface area contributed by atoms with Crippen LogP contribution in [0.25, 0.3) is 5.65 Å². The molecular formula is C10H9BrN4O. The van der Waals surface area contributed by atoms with E-state index in [9.17, 15) is 4.79 Å². The van der Waals surface area contributed by atoms with Crippen molar-refractivity contribution < 1.29 is 0 Å². The minimum Gasteiger partial charge on any atom is -0.295 e. The zero-order chi connectivity index (χ0) is 11.9. The first-order valence-corrected chi connectivity index (χ1v) is 5.55. The number of hydrogen-bond acceptors (Lipinski definition) is 3. The maximum Gasteiger partial charge on any atom is 0.277 e. The van der Waals surface area contributed by atoms with Crippen molar-refractivity contribution in [3.05, 3.63) is 32.3 Å². The number of nitrogens with zero attached hydrogens (tertiary/aromatic N) is 3. The number of halogens is 1. The van der Waals surface area contributed by atoms with Gasteiger partial charge in [-0.3, -0.25) is 9.89 Å². The van der Waals surface area contributed by atoms with Gasteiger partial charge in [0.1, 0.15) is 16.2 Å². The molecule has 0 bridgehead atoms. The molecule has 0 aromatic carbocycles. The molecule has 2 heterocycles. The molecule has 0 radical (unpaired) electrons. The van der Waals surface area contributed by atoms with Crippen molar-refractivity contribution in [1.82, 2.24) is 14.6 Å². The van der Waals surface area contributed by atoms with E-state index in [0.717, 1.165) is 0 Å². The predicted octanol–water partition coefficient (Wildman–Crippen LogP) is 1.78. The van der Waals surface area contributed by atoms with Crippen LogP contribution >= 0.6 is 15.9 Å². The lowest BCUT2D eigenvalue weighted by molar-refractivity contribution is 0.785. The highest BCUT2D eigenvalue weighted by atomic mass is 79.9. The zero-order valence-corrected chi connectivity index (χ0v) is 10.4. The van der Waals surface area contributed by atoms with Gasteiger partial charge < -0.3 is 0 Å². The molecule has 1 N–H and O–H groups in total. The van der Waals surface area contributed by atoms with Crippen molar-refractivity contribution in [2.45, 2.75) is 19.8 Å². The number of nitrogens with one attached hydrogen (secondary N) is 1. The van der Waals surface area contributed by atoms with Crippen molar-refractivity contribution >= 4 is 21.6 Å². The molecule has 0 saturated carbocycles. The van der Waals surface area contributed by atoms with E-state index in [1.807, 2.05) is 19.9 Å². The molecule has 0 aliphatic carbocycles. The quantitative estimate of drug-likeness (QED) is 0.810.